The van der Waals surface area contributed by atoms with Gasteiger partial charge in [-0.3, -0.25) is 4.79 Å². The summed E-state index contributed by atoms with van der Waals surface area (Å²) in [7, 11) is 1.55. The predicted molar refractivity (Wildman–Crippen MR) is 84.1 cm³/mol. The van der Waals surface area contributed by atoms with Crippen LogP contribution in [0.15, 0.2) is 21.5 Å². The van der Waals surface area contributed by atoms with E-state index < -0.39 is 9.05 Å². The minimum absolute atomic E-state index is 0.0200. The highest BCUT2D eigenvalue weighted by Gasteiger charge is 2.31. The summed E-state index contributed by atoms with van der Waals surface area (Å²) in [5.74, 6) is -0.338. The maximum absolute atomic E-state index is 12.2. The zero-order chi connectivity index (χ0) is 15.8. The van der Waals surface area contributed by atoms with Gasteiger partial charge < -0.3 is 10.1 Å². The van der Waals surface area contributed by atoms with Gasteiger partial charge >= 0.3 is 0 Å². The standard InChI is InChI=1S/C13H15BrClNO4S/c1-7-5-11(10(14)6-12(7)21(15,18)19)16-13(17)9-3-4-20-8(9)2/h5-6,8-9H,3-4H2,1-2H3,(H,16,17). The number of benzene rings is 1. The lowest BCUT2D eigenvalue weighted by Crippen LogP contribution is -2.28. The Balaban J connectivity index is 2.25. The number of aryl methyl sites for hydroxylation is 1. The van der Waals surface area contributed by atoms with Crippen molar-refractivity contribution in [2.24, 2.45) is 5.92 Å². The van der Waals surface area contributed by atoms with Crippen molar-refractivity contribution in [1.29, 1.82) is 0 Å². The van der Waals surface area contributed by atoms with Gasteiger partial charge in [-0.25, -0.2) is 8.42 Å². The molecule has 1 saturated heterocycles. The average molecular weight is 397 g/mol. The van der Waals surface area contributed by atoms with Gasteiger partial charge in [0.1, 0.15) is 0 Å². The molecule has 1 N–H and O–H groups in total. The van der Waals surface area contributed by atoms with Gasteiger partial charge in [-0.2, -0.15) is 0 Å². The Kier molecular flexibility index (Phi) is 4.97. The highest BCUT2D eigenvalue weighted by Crippen LogP contribution is 2.31. The lowest BCUT2D eigenvalue weighted by Gasteiger charge is -2.16. The van der Waals surface area contributed by atoms with E-state index in [1.54, 1.807) is 13.0 Å². The van der Waals surface area contributed by atoms with Gasteiger partial charge in [0, 0.05) is 21.8 Å². The monoisotopic (exact) mass is 395 g/mol. The van der Waals surface area contributed by atoms with Crippen molar-refractivity contribution in [3.8, 4) is 0 Å². The summed E-state index contributed by atoms with van der Waals surface area (Å²) < 4.78 is 28.7. The average Bonchev–Trinajstić information content (AvgIpc) is 2.78. The molecule has 2 rings (SSSR count). The van der Waals surface area contributed by atoms with E-state index in [1.165, 1.54) is 6.07 Å². The topological polar surface area (TPSA) is 72.5 Å². The Hall–Kier alpha value is -0.630. The molecule has 1 fully saturated rings. The second kappa shape index (κ2) is 6.24. The van der Waals surface area contributed by atoms with Gasteiger partial charge in [-0.1, -0.05) is 0 Å². The number of halogens is 2. The quantitative estimate of drug-likeness (QED) is 0.797. The Morgan fingerprint density at radius 1 is 1.48 bits per heavy atom. The normalized spacial score (nSPS) is 22.3. The third-order valence-corrected chi connectivity index (χ3v) is 5.62. The highest BCUT2D eigenvalue weighted by molar-refractivity contribution is 9.10. The van der Waals surface area contributed by atoms with Crippen molar-refractivity contribution in [1.82, 2.24) is 0 Å². The molecule has 0 aromatic heterocycles. The molecule has 116 valence electrons. The van der Waals surface area contributed by atoms with Crippen LogP contribution in [0.4, 0.5) is 5.69 Å². The minimum atomic E-state index is -3.82. The molecule has 2 unspecified atom stereocenters. The number of anilines is 1. The van der Waals surface area contributed by atoms with Gasteiger partial charge in [-0.15, -0.1) is 0 Å². The molecular weight excluding hydrogens is 382 g/mol. The molecule has 2 atom stereocenters. The summed E-state index contributed by atoms with van der Waals surface area (Å²) in [5.41, 5.74) is 0.986. The van der Waals surface area contributed by atoms with Crippen LogP contribution in [0.5, 0.6) is 0 Å². The Labute approximate surface area is 136 Å². The predicted octanol–water partition coefficient (Wildman–Crippen LogP) is 3.05. The van der Waals surface area contributed by atoms with Crippen molar-refractivity contribution in [3.63, 3.8) is 0 Å². The molecule has 1 aromatic carbocycles. The SMILES string of the molecule is Cc1cc(NC(=O)C2CCOC2C)c(Br)cc1S(=O)(=O)Cl. The van der Waals surface area contributed by atoms with Crippen molar-refractivity contribution < 1.29 is 17.9 Å². The summed E-state index contributed by atoms with van der Waals surface area (Å²) in [6.07, 6.45) is 0.560. The number of hydrogen-bond acceptors (Lipinski definition) is 4. The van der Waals surface area contributed by atoms with Crippen LogP contribution >= 0.6 is 26.6 Å². The number of hydrogen-bond donors (Lipinski definition) is 1. The lowest BCUT2D eigenvalue weighted by atomic mass is 10.0. The zero-order valence-electron chi connectivity index (χ0n) is 11.5. The van der Waals surface area contributed by atoms with Crippen molar-refractivity contribution in [2.45, 2.75) is 31.3 Å². The number of rotatable bonds is 3. The Morgan fingerprint density at radius 3 is 2.67 bits per heavy atom. The molecule has 8 heteroatoms. The van der Waals surface area contributed by atoms with Gasteiger partial charge in [-0.05, 0) is 53.9 Å². The molecule has 0 aliphatic carbocycles. The highest BCUT2D eigenvalue weighted by atomic mass is 79.9. The molecule has 0 saturated carbocycles. The molecule has 1 aliphatic rings. The maximum atomic E-state index is 12.2. The van der Waals surface area contributed by atoms with Crippen LogP contribution in [0.2, 0.25) is 0 Å². The number of amides is 1. The summed E-state index contributed by atoms with van der Waals surface area (Å²) in [6, 6.07) is 2.97. The molecule has 21 heavy (non-hydrogen) atoms. The minimum Gasteiger partial charge on any atom is -0.378 e. The van der Waals surface area contributed by atoms with E-state index in [2.05, 4.69) is 21.2 Å². The van der Waals surface area contributed by atoms with Crippen LogP contribution in [0, 0.1) is 12.8 Å². The van der Waals surface area contributed by atoms with Crippen LogP contribution in [0.1, 0.15) is 18.9 Å². The van der Waals surface area contributed by atoms with Crippen LogP contribution < -0.4 is 5.32 Å². The number of nitrogens with one attached hydrogen (secondary N) is 1. The summed E-state index contributed by atoms with van der Waals surface area (Å²) >= 11 is 3.26. The number of carbonyl (C=O) groups excluding carboxylic acids is 1. The van der Waals surface area contributed by atoms with Gasteiger partial charge in [0.2, 0.25) is 5.91 Å². The summed E-state index contributed by atoms with van der Waals surface area (Å²) in [4.78, 5) is 12.2. The van der Waals surface area contributed by atoms with Crippen LogP contribution in [-0.4, -0.2) is 27.0 Å². The first-order chi connectivity index (χ1) is 9.70. The van der Waals surface area contributed by atoms with E-state index in [0.717, 1.165) is 0 Å². The molecule has 1 aromatic rings. The molecular formula is C13H15BrClNO4S. The molecule has 1 amide bonds. The summed E-state index contributed by atoms with van der Waals surface area (Å²) in [5, 5.41) is 2.80. The molecule has 0 bridgehead atoms. The third kappa shape index (κ3) is 3.77. The molecule has 5 nitrogen and oxygen atoms in total. The van der Waals surface area contributed by atoms with Gasteiger partial charge in [0.15, 0.2) is 0 Å². The second-order valence-electron chi connectivity index (χ2n) is 5.00. The number of carbonyl (C=O) groups is 1. The first kappa shape index (κ1) is 16.7. The van der Waals surface area contributed by atoms with Gasteiger partial charge in [0.05, 0.1) is 22.6 Å². The van der Waals surface area contributed by atoms with E-state index in [-0.39, 0.29) is 22.8 Å². The largest absolute Gasteiger partial charge is 0.378 e. The fourth-order valence-electron chi connectivity index (χ4n) is 2.32. The number of ether oxygens (including phenoxy) is 1. The molecule has 1 aliphatic heterocycles. The Morgan fingerprint density at radius 2 is 2.14 bits per heavy atom. The van der Waals surface area contributed by atoms with E-state index in [4.69, 9.17) is 15.4 Å². The van der Waals surface area contributed by atoms with Crippen LogP contribution in [0.25, 0.3) is 0 Å². The van der Waals surface area contributed by atoms with Crippen molar-refractivity contribution >= 4 is 47.3 Å². The van der Waals surface area contributed by atoms with Crippen LogP contribution in [0.3, 0.4) is 0 Å². The maximum Gasteiger partial charge on any atom is 0.261 e. The van der Waals surface area contributed by atoms with E-state index in [0.29, 0.717) is 28.8 Å². The Bertz CT molecular complexity index is 677. The zero-order valence-corrected chi connectivity index (χ0v) is 14.7. The molecule has 0 radical (unpaired) electrons. The first-order valence-electron chi connectivity index (χ1n) is 6.37. The molecule has 0 spiro atoms. The van der Waals surface area contributed by atoms with E-state index in [1.807, 2.05) is 6.92 Å². The van der Waals surface area contributed by atoms with Gasteiger partial charge in [0.25, 0.3) is 9.05 Å². The molecule has 1 heterocycles. The lowest BCUT2D eigenvalue weighted by molar-refractivity contribution is -0.121. The van der Waals surface area contributed by atoms with Crippen molar-refractivity contribution in [3.05, 3.63) is 22.2 Å². The second-order valence-corrected chi connectivity index (χ2v) is 8.38. The van der Waals surface area contributed by atoms with Crippen LogP contribution in [-0.2, 0) is 18.6 Å². The van der Waals surface area contributed by atoms with Crippen molar-refractivity contribution in [2.75, 3.05) is 11.9 Å². The fourth-order valence-corrected chi connectivity index (χ4v) is 4.12. The fraction of sp³-hybridized carbons (Fsp3) is 0.462. The first-order valence-corrected chi connectivity index (χ1v) is 9.47. The van der Waals surface area contributed by atoms with E-state index in [9.17, 15) is 13.2 Å². The third-order valence-electron chi connectivity index (χ3n) is 3.50. The summed E-state index contributed by atoms with van der Waals surface area (Å²) in [6.45, 7) is 4.06. The smallest absolute Gasteiger partial charge is 0.261 e. The van der Waals surface area contributed by atoms with E-state index >= 15 is 0 Å².